The minimum absolute atomic E-state index is 0.0941. The van der Waals surface area contributed by atoms with Gasteiger partial charge in [0.2, 0.25) is 5.82 Å². The van der Waals surface area contributed by atoms with E-state index in [4.69, 9.17) is 0 Å². The van der Waals surface area contributed by atoms with Crippen LogP contribution in [0.2, 0.25) is 0 Å². The van der Waals surface area contributed by atoms with E-state index in [1.165, 1.54) is 0 Å². The summed E-state index contributed by atoms with van der Waals surface area (Å²) >= 11 is 0. The van der Waals surface area contributed by atoms with Crippen LogP contribution < -0.4 is 5.32 Å². The highest BCUT2D eigenvalue weighted by Gasteiger charge is 2.36. The van der Waals surface area contributed by atoms with Crippen LogP contribution in [0.25, 0.3) is 0 Å². The average Bonchev–Trinajstić information content (AvgIpc) is 2.71. The normalized spacial score (nSPS) is 23.9. The fraction of sp³-hybridized carbons (Fsp3) is 0.667. The molecule has 0 aliphatic heterocycles. The summed E-state index contributed by atoms with van der Waals surface area (Å²) < 4.78 is 1.54. The maximum atomic E-state index is 10.9. The number of nitro groups is 1. The van der Waals surface area contributed by atoms with Crippen LogP contribution in [0, 0.1) is 23.0 Å². The second-order valence-electron chi connectivity index (χ2n) is 4.13. The van der Waals surface area contributed by atoms with Gasteiger partial charge in [-0.3, -0.25) is 10.1 Å². The Morgan fingerprint density at radius 2 is 2.27 bits per heavy atom. The number of aryl methyl sites for hydroxylation is 2. The molecule has 2 rings (SSSR count). The van der Waals surface area contributed by atoms with E-state index in [9.17, 15) is 10.1 Å². The molecule has 1 N–H and O–H groups in total. The molecule has 15 heavy (non-hydrogen) atoms. The second kappa shape index (κ2) is 3.22. The molecular weight excluding hydrogens is 196 g/mol. The first-order valence-electron chi connectivity index (χ1n) is 4.95. The highest BCUT2D eigenvalue weighted by atomic mass is 16.6. The van der Waals surface area contributed by atoms with Gasteiger partial charge in [-0.15, -0.1) is 0 Å². The Balaban J connectivity index is 2.31. The summed E-state index contributed by atoms with van der Waals surface area (Å²) in [6.07, 6.45) is 1.07. The zero-order valence-electron chi connectivity index (χ0n) is 9.02. The number of nitrogens with one attached hydrogen (secondary N) is 1. The second-order valence-corrected chi connectivity index (χ2v) is 4.13. The van der Waals surface area contributed by atoms with Crippen LogP contribution in [0.5, 0.6) is 0 Å². The van der Waals surface area contributed by atoms with E-state index in [1.54, 1.807) is 18.7 Å². The van der Waals surface area contributed by atoms with Crippen molar-refractivity contribution >= 4 is 11.5 Å². The first-order valence-corrected chi connectivity index (χ1v) is 4.95. The van der Waals surface area contributed by atoms with Gasteiger partial charge in [0.25, 0.3) is 0 Å². The van der Waals surface area contributed by atoms with Crippen LogP contribution in [0.1, 0.15) is 19.0 Å². The molecule has 2 unspecified atom stereocenters. The predicted octanol–water partition coefficient (Wildman–Crippen LogP) is 1.46. The molecule has 1 aliphatic carbocycles. The molecule has 0 amide bonds. The third-order valence-electron chi connectivity index (χ3n) is 2.80. The molecule has 1 heterocycles. The van der Waals surface area contributed by atoms with Gasteiger partial charge in [0.1, 0.15) is 5.69 Å². The monoisotopic (exact) mass is 210 g/mol. The molecule has 1 saturated carbocycles. The van der Waals surface area contributed by atoms with Crippen molar-refractivity contribution in [2.24, 2.45) is 13.0 Å². The van der Waals surface area contributed by atoms with Crippen LogP contribution in [0.3, 0.4) is 0 Å². The largest absolute Gasteiger partial charge is 0.362 e. The van der Waals surface area contributed by atoms with Crippen molar-refractivity contribution in [3.8, 4) is 0 Å². The lowest BCUT2D eigenvalue weighted by Gasteiger charge is -2.03. The van der Waals surface area contributed by atoms with E-state index in [2.05, 4.69) is 17.3 Å². The van der Waals surface area contributed by atoms with Crippen molar-refractivity contribution in [3.63, 3.8) is 0 Å². The first kappa shape index (κ1) is 9.95. The summed E-state index contributed by atoms with van der Waals surface area (Å²) in [5.41, 5.74) is 0.551. The lowest BCUT2D eigenvalue weighted by atomic mass is 10.3. The molecule has 6 heteroatoms. The molecule has 0 radical (unpaired) electrons. The molecule has 1 aliphatic rings. The zero-order chi connectivity index (χ0) is 11.2. The van der Waals surface area contributed by atoms with Crippen molar-refractivity contribution in [2.45, 2.75) is 26.3 Å². The molecule has 0 spiro atoms. The van der Waals surface area contributed by atoms with Crippen molar-refractivity contribution in [2.75, 3.05) is 5.32 Å². The van der Waals surface area contributed by atoms with Crippen LogP contribution in [0.15, 0.2) is 0 Å². The molecule has 0 bridgehead atoms. The molecule has 1 aromatic heterocycles. The summed E-state index contributed by atoms with van der Waals surface area (Å²) in [6, 6.07) is 0.360. The van der Waals surface area contributed by atoms with E-state index >= 15 is 0 Å². The van der Waals surface area contributed by atoms with Gasteiger partial charge in [0.05, 0.1) is 4.92 Å². The number of hydrogen-bond donors (Lipinski definition) is 1. The minimum atomic E-state index is -0.377. The Morgan fingerprint density at radius 1 is 1.67 bits per heavy atom. The third kappa shape index (κ3) is 1.67. The lowest BCUT2D eigenvalue weighted by molar-refractivity contribution is -0.384. The maximum absolute atomic E-state index is 10.9. The Labute approximate surface area is 87.4 Å². The topological polar surface area (TPSA) is 73.0 Å². The van der Waals surface area contributed by atoms with Gasteiger partial charge in [-0.1, -0.05) is 6.92 Å². The highest BCUT2D eigenvalue weighted by Crippen LogP contribution is 2.36. The lowest BCUT2D eigenvalue weighted by Crippen LogP contribution is -2.09. The van der Waals surface area contributed by atoms with Gasteiger partial charge in [-0.05, 0) is 19.3 Å². The minimum Gasteiger partial charge on any atom is -0.362 e. The van der Waals surface area contributed by atoms with Crippen molar-refractivity contribution in [1.82, 2.24) is 9.78 Å². The van der Waals surface area contributed by atoms with Gasteiger partial charge < -0.3 is 5.32 Å². The summed E-state index contributed by atoms with van der Waals surface area (Å²) in [6.45, 7) is 3.77. The highest BCUT2D eigenvalue weighted by molar-refractivity contribution is 5.60. The smallest absolute Gasteiger partial charge is 0.333 e. The van der Waals surface area contributed by atoms with E-state index in [0.717, 1.165) is 6.42 Å². The van der Waals surface area contributed by atoms with Crippen LogP contribution in [-0.4, -0.2) is 20.7 Å². The van der Waals surface area contributed by atoms with Crippen LogP contribution in [0.4, 0.5) is 11.5 Å². The van der Waals surface area contributed by atoms with E-state index in [1.807, 2.05) is 0 Å². The van der Waals surface area contributed by atoms with Gasteiger partial charge in [-0.2, -0.15) is 5.10 Å². The summed E-state index contributed by atoms with van der Waals surface area (Å²) in [7, 11) is 1.72. The zero-order valence-corrected chi connectivity index (χ0v) is 9.02. The fourth-order valence-corrected chi connectivity index (χ4v) is 1.73. The number of nitrogens with zero attached hydrogens (tertiary/aromatic N) is 3. The molecular formula is C9H14N4O2. The average molecular weight is 210 g/mol. The number of rotatable bonds is 3. The molecule has 82 valence electrons. The van der Waals surface area contributed by atoms with Crippen molar-refractivity contribution in [3.05, 3.63) is 15.8 Å². The van der Waals surface area contributed by atoms with Crippen LogP contribution >= 0.6 is 0 Å². The Bertz CT molecular complexity index is 412. The molecule has 1 aromatic rings. The molecule has 2 atom stereocenters. The van der Waals surface area contributed by atoms with Crippen molar-refractivity contribution in [1.29, 1.82) is 0 Å². The summed E-state index contributed by atoms with van der Waals surface area (Å²) in [5, 5.41) is 18.1. The van der Waals surface area contributed by atoms with Gasteiger partial charge >= 0.3 is 5.69 Å². The van der Waals surface area contributed by atoms with E-state index in [0.29, 0.717) is 23.5 Å². The van der Waals surface area contributed by atoms with Crippen molar-refractivity contribution < 1.29 is 4.92 Å². The predicted molar refractivity (Wildman–Crippen MR) is 55.8 cm³/mol. The quantitative estimate of drug-likeness (QED) is 0.605. The third-order valence-corrected chi connectivity index (χ3v) is 2.80. The van der Waals surface area contributed by atoms with Gasteiger partial charge in [-0.25, -0.2) is 4.68 Å². The Hall–Kier alpha value is -1.59. The number of anilines is 1. The first-order chi connectivity index (χ1) is 7.00. The Morgan fingerprint density at radius 3 is 2.73 bits per heavy atom. The van der Waals surface area contributed by atoms with Gasteiger partial charge in [0.15, 0.2) is 0 Å². The summed E-state index contributed by atoms with van der Waals surface area (Å²) in [4.78, 5) is 10.5. The standard InChI is InChI=1S/C9H14N4O2/c1-5-4-7(5)10-9-8(13(14)15)6(2)11-12(9)3/h5,7,10H,4H2,1-3H3. The fourth-order valence-electron chi connectivity index (χ4n) is 1.73. The number of aromatic nitrogens is 2. The van der Waals surface area contributed by atoms with Crippen LogP contribution in [-0.2, 0) is 7.05 Å². The molecule has 6 nitrogen and oxygen atoms in total. The maximum Gasteiger partial charge on any atom is 0.333 e. The summed E-state index contributed by atoms with van der Waals surface area (Å²) in [5.74, 6) is 1.12. The molecule has 0 saturated heterocycles. The van der Waals surface area contributed by atoms with E-state index in [-0.39, 0.29) is 10.6 Å². The van der Waals surface area contributed by atoms with Gasteiger partial charge in [0, 0.05) is 13.1 Å². The Kier molecular flexibility index (Phi) is 2.13. The number of hydrogen-bond acceptors (Lipinski definition) is 4. The SMILES string of the molecule is Cc1nn(C)c(NC2CC2C)c1[N+](=O)[O-]. The molecule has 0 aromatic carbocycles. The van der Waals surface area contributed by atoms with E-state index < -0.39 is 0 Å². The molecule has 1 fully saturated rings.